The van der Waals surface area contributed by atoms with E-state index in [9.17, 15) is 0 Å². The number of anilines is 1. The lowest BCUT2D eigenvalue weighted by atomic mass is 10.2. The first kappa shape index (κ1) is 13.3. The van der Waals surface area contributed by atoms with Crippen LogP contribution in [0.5, 0.6) is 0 Å². The Kier molecular flexibility index (Phi) is 4.21. The summed E-state index contributed by atoms with van der Waals surface area (Å²) in [6.07, 6.45) is 2.56. The van der Waals surface area contributed by atoms with E-state index in [0.717, 1.165) is 24.4 Å². The second-order valence-electron chi connectivity index (χ2n) is 4.42. The molecule has 1 aromatic rings. The number of rotatable bonds is 4. The van der Waals surface area contributed by atoms with Gasteiger partial charge >= 0.3 is 0 Å². The van der Waals surface area contributed by atoms with E-state index >= 15 is 0 Å². The van der Waals surface area contributed by atoms with E-state index in [0.29, 0.717) is 11.6 Å². The zero-order valence-electron chi connectivity index (χ0n) is 10.7. The van der Waals surface area contributed by atoms with Gasteiger partial charge in [-0.15, -0.1) is 0 Å². The summed E-state index contributed by atoms with van der Waals surface area (Å²) in [7, 11) is 0. The monoisotopic (exact) mass is 267 g/mol. The normalized spacial score (nSPS) is 19.6. The van der Waals surface area contributed by atoms with E-state index in [1.54, 1.807) is 0 Å². The largest absolute Gasteiger partial charge is 0.396 e. The van der Waals surface area contributed by atoms with Crippen LogP contribution in [0.2, 0.25) is 0 Å². The summed E-state index contributed by atoms with van der Waals surface area (Å²) in [5, 5.41) is 9.00. The fraction of sp³-hybridized carbons (Fsp3) is 0.500. The second-order valence-corrected chi connectivity index (χ2v) is 5.49. The second kappa shape index (κ2) is 5.69. The van der Waals surface area contributed by atoms with E-state index in [1.165, 1.54) is 15.5 Å². The van der Waals surface area contributed by atoms with Crippen LogP contribution in [0.15, 0.2) is 16.8 Å². The zero-order valence-corrected chi connectivity index (χ0v) is 11.5. The molecule has 98 valence electrons. The molecule has 0 aromatic carbocycles. The Balaban J connectivity index is 2.11. The summed E-state index contributed by atoms with van der Waals surface area (Å²) in [6.45, 7) is 4.97. The predicted molar refractivity (Wildman–Crippen MR) is 72.7 cm³/mol. The number of thioether (sulfide) groups is 1. The minimum atomic E-state index is 0.211. The molecule has 1 unspecified atom stereocenters. The summed E-state index contributed by atoms with van der Waals surface area (Å²) < 4.78 is 0. The van der Waals surface area contributed by atoms with Gasteiger partial charge in [-0.2, -0.15) is 0 Å². The minimum Gasteiger partial charge on any atom is -0.396 e. The fourth-order valence-electron chi connectivity index (χ4n) is 2.01. The Hall–Kier alpha value is -1.11. The van der Waals surface area contributed by atoms with Crippen LogP contribution in [0.1, 0.15) is 24.7 Å². The van der Waals surface area contributed by atoms with Gasteiger partial charge in [0.05, 0.1) is 5.56 Å². The van der Waals surface area contributed by atoms with Gasteiger partial charge in [0.1, 0.15) is 29.8 Å². The Morgan fingerprint density at radius 1 is 1.50 bits per heavy atom. The van der Waals surface area contributed by atoms with Gasteiger partial charge < -0.3 is 10.8 Å². The number of aromatic nitrogens is 2. The van der Waals surface area contributed by atoms with Crippen molar-refractivity contribution in [2.24, 2.45) is 0 Å². The zero-order chi connectivity index (χ0) is 13.1. The van der Waals surface area contributed by atoms with Crippen LogP contribution in [0.4, 0.5) is 5.82 Å². The van der Waals surface area contributed by atoms with Crippen LogP contribution >= 0.6 is 11.8 Å². The van der Waals surface area contributed by atoms with Crippen molar-refractivity contribution < 1.29 is 10.0 Å². The summed E-state index contributed by atoms with van der Waals surface area (Å²) in [5.74, 6) is 2.26. The highest BCUT2D eigenvalue weighted by molar-refractivity contribution is 8.03. The van der Waals surface area contributed by atoms with Crippen molar-refractivity contribution in [1.29, 1.82) is 0 Å². The quantitative estimate of drug-likeness (QED) is 0.720. The number of nitrogen functional groups attached to an aromatic ring is 1. The van der Waals surface area contributed by atoms with Crippen LogP contribution in [0.25, 0.3) is 0 Å². The minimum absolute atomic E-state index is 0.211. The SMILES string of the molecule is CC1=C(CCO)SC[NH+]1Cc1cnc(C)nc1N. The maximum absolute atomic E-state index is 9.00. The number of nitrogens with one attached hydrogen (secondary N) is 1. The molecule has 6 heteroatoms. The summed E-state index contributed by atoms with van der Waals surface area (Å²) in [4.78, 5) is 11.0. The van der Waals surface area contributed by atoms with Crippen molar-refractivity contribution >= 4 is 17.6 Å². The molecule has 2 rings (SSSR count). The highest BCUT2D eigenvalue weighted by atomic mass is 32.2. The Bertz CT molecular complexity index is 475. The van der Waals surface area contributed by atoms with Gasteiger partial charge in [-0.25, -0.2) is 9.97 Å². The Morgan fingerprint density at radius 3 is 2.94 bits per heavy atom. The van der Waals surface area contributed by atoms with Gasteiger partial charge in [0.15, 0.2) is 0 Å². The molecule has 1 aliphatic heterocycles. The molecule has 0 fully saturated rings. The van der Waals surface area contributed by atoms with Crippen molar-refractivity contribution in [1.82, 2.24) is 9.97 Å². The molecule has 2 heterocycles. The summed E-state index contributed by atoms with van der Waals surface area (Å²) in [6, 6.07) is 0. The van der Waals surface area contributed by atoms with Crippen molar-refractivity contribution in [3.63, 3.8) is 0 Å². The van der Waals surface area contributed by atoms with Gasteiger partial charge in [0, 0.05) is 31.1 Å². The van der Waals surface area contributed by atoms with E-state index in [1.807, 2.05) is 24.9 Å². The Morgan fingerprint density at radius 2 is 2.28 bits per heavy atom. The van der Waals surface area contributed by atoms with Crippen molar-refractivity contribution in [3.8, 4) is 0 Å². The third kappa shape index (κ3) is 2.82. The van der Waals surface area contributed by atoms with E-state index in [-0.39, 0.29) is 6.61 Å². The van der Waals surface area contributed by atoms with E-state index < -0.39 is 0 Å². The highest BCUT2D eigenvalue weighted by Gasteiger charge is 2.25. The number of aryl methyl sites for hydroxylation is 1. The average Bonchev–Trinajstić information content (AvgIpc) is 2.66. The topological polar surface area (TPSA) is 76.5 Å². The molecule has 0 radical (unpaired) electrons. The molecule has 0 aliphatic carbocycles. The lowest BCUT2D eigenvalue weighted by Gasteiger charge is -2.14. The van der Waals surface area contributed by atoms with Crippen LogP contribution in [-0.2, 0) is 6.54 Å². The van der Waals surface area contributed by atoms with E-state index in [4.69, 9.17) is 10.8 Å². The lowest BCUT2D eigenvalue weighted by Crippen LogP contribution is -3.06. The van der Waals surface area contributed by atoms with Gasteiger partial charge in [-0.05, 0) is 6.92 Å². The third-order valence-corrected chi connectivity index (χ3v) is 4.48. The van der Waals surface area contributed by atoms with Gasteiger partial charge in [-0.3, -0.25) is 4.90 Å². The van der Waals surface area contributed by atoms with Crippen LogP contribution in [0.3, 0.4) is 0 Å². The van der Waals surface area contributed by atoms with Crippen LogP contribution in [-0.4, -0.2) is 27.6 Å². The number of nitrogens with two attached hydrogens (primary N) is 1. The molecular weight excluding hydrogens is 248 g/mol. The summed E-state index contributed by atoms with van der Waals surface area (Å²) >= 11 is 1.81. The molecule has 0 saturated heterocycles. The number of quaternary nitrogens is 1. The average molecular weight is 267 g/mol. The molecule has 0 saturated carbocycles. The van der Waals surface area contributed by atoms with E-state index in [2.05, 4.69) is 16.9 Å². The van der Waals surface area contributed by atoms with Gasteiger partial charge in [0.25, 0.3) is 0 Å². The van der Waals surface area contributed by atoms with Crippen molar-refractivity contribution in [2.45, 2.75) is 26.8 Å². The smallest absolute Gasteiger partial charge is 0.136 e. The molecule has 0 amide bonds. The maximum atomic E-state index is 9.00. The molecule has 0 spiro atoms. The fourth-order valence-corrected chi connectivity index (χ4v) is 3.27. The molecule has 18 heavy (non-hydrogen) atoms. The van der Waals surface area contributed by atoms with Crippen LogP contribution < -0.4 is 10.6 Å². The predicted octanol–water partition coefficient (Wildman–Crippen LogP) is 0.0703. The molecule has 1 atom stereocenters. The van der Waals surface area contributed by atoms with Crippen LogP contribution in [0, 0.1) is 6.92 Å². The van der Waals surface area contributed by atoms with Gasteiger partial charge in [0.2, 0.25) is 0 Å². The first-order valence-electron chi connectivity index (χ1n) is 5.98. The first-order chi connectivity index (χ1) is 8.61. The summed E-state index contributed by atoms with van der Waals surface area (Å²) in [5.41, 5.74) is 8.20. The number of allylic oxidation sites excluding steroid dienone is 1. The number of hydrogen-bond donors (Lipinski definition) is 3. The standard InChI is InChI=1S/C12H18N4OS/c1-8-11(3-4-17)18-7-16(8)6-10-5-14-9(2)15-12(10)13/h5,17H,3-4,6-7H2,1-2H3,(H2,13,14,15)/p+1. The van der Waals surface area contributed by atoms with Crippen molar-refractivity contribution in [2.75, 3.05) is 18.2 Å². The maximum Gasteiger partial charge on any atom is 0.136 e. The van der Waals surface area contributed by atoms with Crippen molar-refractivity contribution in [3.05, 3.63) is 28.2 Å². The number of aliphatic hydroxyl groups is 1. The molecule has 4 N–H and O–H groups in total. The number of aliphatic hydroxyl groups excluding tert-OH is 1. The lowest BCUT2D eigenvalue weighted by molar-refractivity contribution is -0.859. The third-order valence-electron chi connectivity index (χ3n) is 3.13. The molecule has 0 bridgehead atoms. The van der Waals surface area contributed by atoms with Gasteiger partial charge in [-0.1, -0.05) is 11.8 Å². The molecular formula is C12H19N4OS+. The molecule has 1 aliphatic rings. The number of hydrogen-bond acceptors (Lipinski definition) is 5. The first-order valence-corrected chi connectivity index (χ1v) is 6.97. The highest BCUT2D eigenvalue weighted by Crippen LogP contribution is 2.24. The molecule has 5 nitrogen and oxygen atoms in total. The number of nitrogens with zero attached hydrogens (tertiary/aromatic N) is 2. The Labute approximate surface area is 111 Å². The molecule has 1 aromatic heterocycles.